The van der Waals surface area contributed by atoms with E-state index in [-0.39, 0.29) is 11.1 Å². The van der Waals surface area contributed by atoms with Crippen LogP contribution in [-0.2, 0) is 13.0 Å². The lowest BCUT2D eigenvalue weighted by atomic mass is 10.0. The Morgan fingerprint density at radius 3 is 2.81 bits per heavy atom. The Morgan fingerprint density at radius 2 is 2.11 bits per heavy atom. The third kappa shape index (κ3) is 2.68. The molecular weight excluding hydrogens is 346 g/mol. The first kappa shape index (κ1) is 17.0. The first-order chi connectivity index (χ1) is 13.0. The smallest absolute Gasteiger partial charge is 0.335 e. The number of benzene rings is 1. The molecule has 1 N–H and O–H groups in total. The number of methoxy groups -OCH3 is 1. The summed E-state index contributed by atoms with van der Waals surface area (Å²) < 4.78 is 6.90. The van der Waals surface area contributed by atoms with E-state index in [9.17, 15) is 14.7 Å². The number of aromatic carboxylic acids is 1. The second kappa shape index (κ2) is 6.35. The Hall–Kier alpha value is -3.48. The second-order valence-electron chi connectivity index (χ2n) is 6.24. The molecule has 7 heteroatoms. The third-order valence-corrected chi connectivity index (χ3v) is 4.73. The highest BCUT2D eigenvalue weighted by Crippen LogP contribution is 2.31. The van der Waals surface area contributed by atoms with E-state index in [2.05, 4.69) is 9.98 Å². The molecule has 2 aromatic heterocycles. The van der Waals surface area contributed by atoms with Crippen molar-refractivity contribution in [1.82, 2.24) is 9.55 Å². The van der Waals surface area contributed by atoms with E-state index >= 15 is 0 Å². The normalized spacial score (nSPS) is 12.4. The van der Waals surface area contributed by atoms with E-state index in [1.807, 2.05) is 6.92 Å². The summed E-state index contributed by atoms with van der Waals surface area (Å²) in [6.45, 7) is 2.39. The maximum atomic E-state index is 13.2. The zero-order chi connectivity index (χ0) is 19.1. The quantitative estimate of drug-likeness (QED) is 0.769. The number of pyridine rings is 2. The molecule has 0 amide bonds. The van der Waals surface area contributed by atoms with Crippen LogP contribution < -0.4 is 10.3 Å². The molecule has 0 fully saturated rings. The van der Waals surface area contributed by atoms with Gasteiger partial charge in [-0.3, -0.25) is 4.79 Å². The summed E-state index contributed by atoms with van der Waals surface area (Å²) in [7, 11) is 1.46. The lowest BCUT2D eigenvalue weighted by molar-refractivity contribution is 0.0696. The Morgan fingerprint density at radius 1 is 1.30 bits per heavy atom. The molecule has 0 unspecified atom stereocenters. The summed E-state index contributed by atoms with van der Waals surface area (Å²) >= 11 is 0. The molecule has 0 spiro atoms. The third-order valence-electron chi connectivity index (χ3n) is 4.73. The number of hydrogen-bond donors (Lipinski definition) is 1. The molecule has 27 heavy (non-hydrogen) atoms. The molecule has 136 valence electrons. The van der Waals surface area contributed by atoms with Gasteiger partial charge in [-0.25, -0.2) is 14.8 Å². The van der Waals surface area contributed by atoms with E-state index in [1.54, 1.807) is 29.1 Å². The molecule has 0 atom stereocenters. The molecule has 0 aliphatic carbocycles. The van der Waals surface area contributed by atoms with Crippen LogP contribution >= 0.6 is 0 Å². The topological polar surface area (TPSA) is 93.8 Å². The van der Waals surface area contributed by atoms with Crippen LogP contribution in [0.25, 0.3) is 22.0 Å². The highest BCUT2D eigenvalue weighted by Gasteiger charge is 2.19. The van der Waals surface area contributed by atoms with Crippen molar-refractivity contribution in [3.05, 3.63) is 51.9 Å². The minimum Gasteiger partial charge on any atom is -0.497 e. The van der Waals surface area contributed by atoms with E-state index in [0.717, 1.165) is 16.5 Å². The van der Waals surface area contributed by atoms with Gasteiger partial charge in [-0.2, -0.15) is 0 Å². The fourth-order valence-electron chi connectivity index (χ4n) is 3.47. The molecule has 0 saturated heterocycles. The van der Waals surface area contributed by atoms with E-state index in [4.69, 9.17) is 4.74 Å². The van der Waals surface area contributed by atoms with Crippen molar-refractivity contribution in [3.63, 3.8) is 0 Å². The average molecular weight is 363 g/mol. The molecule has 3 aromatic rings. The molecule has 0 radical (unpaired) electrons. The summed E-state index contributed by atoms with van der Waals surface area (Å²) in [6, 6.07) is 6.34. The number of carbonyl (C=O) groups is 1. The van der Waals surface area contributed by atoms with Crippen LogP contribution in [-0.4, -0.2) is 34.0 Å². The van der Waals surface area contributed by atoms with Gasteiger partial charge in [-0.1, -0.05) is 0 Å². The van der Waals surface area contributed by atoms with Gasteiger partial charge in [0.15, 0.2) is 5.82 Å². The van der Waals surface area contributed by atoms with Crippen molar-refractivity contribution in [1.29, 1.82) is 0 Å². The van der Waals surface area contributed by atoms with Crippen molar-refractivity contribution < 1.29 is 14.6 Å². The molecule has 0 saturated carbocycles. The zero-order valence-corrected chi connectivity index (χ0v) is 14.9. The summed E-state index contributed by atoms with van der Waals surface area (Å²) in [5.74, 6) is -0.0530. The molecule has 0 bridgehead atoms. The van der Waals surface area contributed by atoms with Gasteiger partial charge in [-0.05, 0) is 36.8 Å². The average Bonchev–Trinajstić information content (AvgIpc) is 3.16. The maximum absolute atomic E-state index is 13.2. The van der Waals surface area contributed by atoms with Crippen molar-refractivity contribution in [2.24, 2.45) is 4.99 Å². The van der Waals surface area contributed by atoms with Crippen molar-refractivity contribution >= 4 is 28.9 Å². The fraction of sp³-hybridized carbons (Fsp3) is 0.200. The Kier molecular flexibility index (Phi) is 3.99. The molecule has 3 heterocycles. The van der Waals surface area contributed by atoms with Gasteiger partial charge >= 0.3 is 5.97 Å². The summed E-state index contributed by atoms with van der Waals surface area (Å²) in [4.78, 5) is 33.3. The molecule has 1 aliphatic heterocycles. The Labute approximate surface area is 154 Å². The van der Waals surface area contributed by atoms with Crippen LogP contribution in [0.15, 0.2) is 40.2 Å². The standard InChI is InChI=1S/C20H17N3O4/c1-3-23-17-13(10-22-18-15(17)4-5-21-18)9-16(19(23)24)11-6-12(20(25)26)8-14(7-11)27-2/h5-10H,3-4H2,1-2H3,(H,25,26). The van der Waals surface area contributed by atoms with Crippen LogP contribution in [0, 0.1) is 0 Å². The number of carboxylic acids is 1. The lowest BCUT2D eigenvalue weighted by Crippen LogP contribution is -2.22. The van der Waals surface area contributed by atoms with Crippen LogP contribution in [0.5, 0.6) is 5.75 Å². The van der Waals surface area contributed by atoms with Gasteiger partial charge in [-0.15, -0.1) is 0 Å². The van der Waals surface area contributed by atoms with Crippen LogP contribution in [0.4, 0.5) is 5.82 Å². The van der Waals surface area contributed by atoms with Gasteiger partial charge < -0.3 is 14.4 Å². The van der Waals surface area contributed by atoms with Crippen molar-refractivity contribution in [3.8, 4) is 16.9 Å². The number of carboxylic acid groups (broad SMARTS) is 1. The van der Waals surface area contributed by atoms with Crippen LogP contribution in [0.3, 0.4) is 0 Å². The maximum Gasteiger partial charge on any atom is 0.335 e. The number of fused-ring (bicyclic) bond motifs is 3. The predicted octanol–water partition coefficient (Wildman–Crippen LogP) is 3.05. The fourth-order valence-corrected chi connectivity index (χ4v) is 3.47. The first-order valence-electron chi connectivity index (χ1n) is 8.54. The van der Waals surface area contributed by atoms with Crippen molar-refractivity contribution in [2.45, 2.75) is 19.9 Å². The van der Waals surface area contributed by atoms with Gasteiger partial charge in [0, 0.05) is 41.9 Å². The van der Waals surface area contributed by atoms with E-state index < -0.39 is 5.97 Å². The predicted molar refractivity (Wildman–Crippen MR) is 102 cm³/mol. The highest BCUT2D eigenvalue weighted by atomic mass is 16.5. The number of aromatic nitrogens is 2. The van der Waals surface area contributed by atoms with Crippen molar-refractivity contribution in [2.75, 3.05) is 7.11 Å². The van der Waals surface area contributed by atoms with Crippen LogP contribution in [0.1, 0.15) is 22.8 Å². The van der Waals surface area contributed by atoms with E-state index in [1.165, 1.54) is 19.2 Å². The molecule has 7 nitrogen and oxygen atoms in total. The van der Waals surface area contributed by atoms with Crippen LogP contribution in [0.2, 0.25) is 0 Å². The lowest BCUT2D eigenvalue weighted by Gasteiger charge is -2.14. The number of rotatable bonds is 4. The summed E-state index contributed by atoms with van der Waals surface area (Å²) in [5, 5.41) is 10.2. The largest absolute Gasteiger partial charge is 0.497 e. The molecule has 1 aromatic carbocycles. The zero-order valence-electron chi connectivity index (χ0n) is 14.9. The molecule has 4 rings (SSSR count). The Bertz CT molecular complexity index is 1180. The number of hydrogen-bond acceptors (Lipinski definition) is 5. The number of ether oxygens (including phenoxy) is 1. The first-order valence-corrected chi connectivity index (χ1v) is 8.54. The number of nitrogens with zero attached hydrogens (tertiary/aromatic N) is 3. The molecule has 1 aliphatic rings. The highest BCUT2D eigenvalue weighted by molar-refractivity contribution is 5.94. The summed E-state index contributed by atoms with van der Waals surface area (Å²) in [6.07, 6.45) is 4.13. The van der Waals surface area contributed by atoms with E-state index in [0.29, 0.717) is 35.7 Å². The van der Waals surface area contributed by atoms with Gasteiger partial charge in [0.2, 0.25) is 0 Å². The monoisotopic (exact) mass is 363 g/mol. The van der Waals surface area contributed by atoms with Gasteiger partial charge in [0.05, 0.1) is 18.2 Å². The van der Waals surface area contributed by atoms with Gasteiger partial charge in [0.25, 0.3) is 5.56 Å². The number of aryl methyl sites for hydroxylation is 1. The minimum atomic E-state index is -1.08. The van der Waals surface area contributed by atoms with Gasteiger partial charge in [0.1, 0.15) is 5.75 Å². The number of aliphatic imine (C=N–C) groups is 1. The second-order valence-corrected chi connectivity index (χ2v) is 6.24. The minimum absolute atomic E-state index is 0.0624. The SMILES string of the molecule is CCn1c(=O)c(-c2cc(OC)cc(C(=O)O)c2)cc2cnc3c(c21)CC=N3. The Balaban J connectivity index is 2.03. The molecular formula is C20H17N3O4. The summed E-state index contributed by atoms with van der Waals surface area (Å²) in [5.41, 5.74) is 2.55.